The van der Waals surface area contributed by atoms with Gasteiger partial charge in [-0.3, -0.25) is 4.90 Å². The minimum atomic E-state index is -0.601. The minimum absolute atomic E-state index is 0.00940. The highest BCUT2D eigenvalue weighted by molar-refractivity contribution is 6.30. The number of methoxy groups -OCH3 is 1. The molecule has 1 saturated carbocycles. The van der Waals surface area contributed by atoms with Crippen molar-refractivity contribution in [3.8, 4) is 11.1 Å². The number of ether oxygens (including phenoxy) is 2. The number of carbonyl (C=O) groups is 1. The Morgan fingerprint density at radius 3 is 2.68 bits per heavy atom. The molecule has 2 aromatic carbocycles. The van der Waals surface area contributed by atoms with Crippen LogP contribution in [0.15, 0.2) is 40.9 Å². The van der Waals surface area contributed by atoms with Crippen molar-refractivity contribution in [3.05, 3.63) is 64.5 Å². The van der Waals surface area contributed by atoms with Crippen molar-refractivity contribution in [2.75, 3.05) is 18.6 Å². The first-order valence-corrected chi connectivity index (χ1v) is 12.6. The SMILES string of the molecule is COC1CC(n2c([C@@H]3CCOC(=O)N3c3ccc(Cl)c(F)c3)nc3cc(-c4c(C)noc4C)ccc32)C1. The maximum absolute atomic E-state index is 14.4. The van der Waals surface area contributed by atoms with Crippen LogP contribution < -0.4 is 4.90 Å². The fourth-order valence-corrected chi connectivity index (χ4v) is 5.59. The number of imidazole rings is 1. The van der Waals surface area contributed by atoms with Gasteiger partial charge in [0.1, 0.15) is 23.4 Å². The summed E-state index contributed by atoms with van der Waals surface area (Å²) in [6, 6.07) is 10.2. The predicted molar refractivity (Wildman–Crippen MR) is 136 cm³/mol. The average molecular weight is 525 g/mol. The highest BCUT2D eigenvalue weighted by Crippen LogP contribution is 2.43. The van der Waals surface area contributed by atoms with E-state index in [0.717, 1.165) is 52.3 Å². The Balaban J connectivity index is 1.50. The van der Waals surface area contributed by atoms with Crippen molar-refractivity contribution >= 4 is 34.4 Å². The van der Waals surface area contributed by atoms with Crippen LogP contribution in [0.5, 0.6) is 0 Å². The van der Waals surface area contributed by atoms with Crippen LogP contribution in [-0.4, -0.2) is 40.6 Å². The number of aryl methyl sites for hydroxylation is 2. The highest BCUT2D eigenvalue weighted by Gasteiger charge is 2.40. The zero-order chi connectivity index (χ0) is 25.8. The van der Waals surface area contributed by atoms with Gasteiger partial charge in [-0.25, -0.2) is 14.2 Å². The number of amides is 1. The monoisotopic (exact) mass is 524 g/mol. The van der Waals surface area contributed by atoms with Gasteiger partial charge in [0, 0.05) is 25.1 Å². The van der Waals surface area contributed by atoms with Gasteiger partial charge in [0.15, 0.2) is 0 Å². The van der Waals surface area contributed by atoms with E-state index in [1.165, 1.54) is 17.0 Å². The molecule has 0 N–H and O–H groups in total. The van der Waals surface area contributed by atoms with Crippen LogP contribution >= 0.6 is 11.6 Å². The second-order valence-electron chi connectivity index (χ2n) is 9.61. The number of nitrogens with zero attached hydrogens (tertiary/aromatic N) is 4. The number of hydrogen-bond donors (Lipinski definition) is 0. The first-order valence-electron chi connectivity index (χ1n) is 12.2. The first kappa shape index (κ1) is 23.9. The smallest absolute Gasteiger partial charge is 0.414 e. The lowest BCUT2D eigenvalue weighted by molar-refractivity contribution is 0.00598. The lowest BCUT2D eigenvalue weighted by Gasteiger charge is -2.39. The van der Waals surface area contributed by atoms with E-state index in [1.54, 1.807) is 13.2 Å². The molecule has 6 rings (SSSR count). The number of aromatic nitrogens is 3. The van der Waals surface area contributed by atoms with Gasteiger partial charge >= 0.3 is 6.09 Å². The molecule has 192 valence electrons. The predicted octanol–water partition coefficient (Wildman–Crippen LogP) is 6.54. The van der Waals surface area contributed by atoms with Crippen molar-refractivity contribution in [1.29, 1.82) is 0 Å². The number of rotatable bonds is 5. The summed E-state index contributed by atoms with van der Waals surface area (Å²) in [7, 11) is 1.72. The van der Waals surface area contributed by atoms with E-state index in [4.69, 9.17) is 30.6 Å². The number of carbonyl (C=O) groups excluding carboxylic acids is 1. The second kappa shape index (κ2) is 9.15. The van der Waals surface area contributed by atoms with Gasteiger partial charge in [-0.15, -0.1) is 0 Å². The van der Waals surface area contributed by atoms with Crippen molar-refractivity contribution in [2.24, 2.45) is 0 Å². The third kappa shape index (κ3) is 3.97. The van der Waals surface area contributed by atoms with E-state index in [9.17, 15) is 9.18 Å². The molecule has 3 heterocycles. The van der Waals surface area contributed by atoms with E-state index in [-0.39, 0.29) is 23.8 Å². The summed E-state index contributed by atoms with van der Waals surface area (Å²) >= 11 is 5.91. The van der Waals surface area contributed by atoms with E-state index < -0.39 is 18.0 Å². The Morgan fingerprint density at radius 1 is 1.16 bits per heavy atom. The number of halogens is 2. The Hall–Kier alpha value is -3.43. The van der Waals surface area contributed by atoms with Crippen molar-refractivity contribution in [1.82, 2.24) is 14.7 Å². The maximum atomic E-state index is 14.4. The summed E-state index contributed by atoms with van der Waals surface area (Å²) in [6.45, 7) is 4.05. The number of hydrogen-bond acceptors (Lipinski definition) is 6. The van der Waals surface area contributed by atoms with Crippen molar-refractivity contribution in [2.45, 2.75) is 51.3 Å². The Kier molecular flexibility index (Phi) is 5.92. The van der Waals surface area contributed by atoms with Gasteiger partial charge < -0.3 is 18.6 Å². The maximum Gasteiger partial charge on any atom is 0.414 e. The molecule has 37 heavy (non-hydrogen) atoms. The van der Waals surface area contributed by atoms with E-state index in [0.29, 0.717) is 12.1 Å². The molecule has 10 heteroatoms. The van der Waals surface area contributed by atoms with Crippen LogP contribution in [0.4, 0.5) is 14.9 Å². The summed E-state index contributed by atoms with van der Waals surface area (Å²) in [6.07, 6.45) is 1.82. The van der Waals surface area contributed by atoms with Crippen LogP contribution in [0.3, 0.4) is 0 Å². The zero-order valence-electron chi connectivity index (χ0n) is 20.7. The van der Waals surface area contributed by atoms with Gasteiger partial charge in [-0.05, 0) is 62.6 Å². The quantitative estimate of drug-likeness (QED) is 0.295. The summed E-state index contributed by atoms with van der Waals surface area (Å²) < 4.78 is 32.9. The van der Waals surface area contributed by atoms with E-state index >= 15 is 0 Å². The summed E-state index contributed by atoms with van der Waals surface area (Å²) in [5, 5.41) is 4.08. The van der Waals surface area contributed by atoms with Crippen LogP contribution in [0.25, 0.3) is 22.2 Å². The molecule has 1 aliphatic heterocycles. The molecule has 1 saturated heterocycles. The highest BCUT2D eigenvalue weighted by atomic mass is 35.5. The molecule has 0 bridgehead atoms. The molecule has 1 atom stereocenters. The fourth-order valence-electron chi connectivity index (χ4n) is 5.48. The van der Waals surface area contributed by atoms with Gasteiger partial charge in [-0.1, -0.05) is 22.8 Å². The average Bonchev–Trinajstić information content (AvgIpc) is 3.39. The molecule has 1 aliphatic carbocycles. The van der Waals surface area contributed by atoms with Crippen molar-refractivity contribution < 1.29 is 23.2 Å². The number of fused-ring (bicyclic) bond motifs is 1. The Labute approximate surface area is 217 Å². The van der Waals surface area contributed by atoms with E-state index in [1.807, 2.05) is 26.0 Å². The normalized spacial score (nSPS) is 21.8. The van der Waals surface area contributed by atoms with E-state index in [2.05, 4.69) is 15.8 Å². The third-order valence-corrected chi connectivity index (χ3v) is 7.72. The van der Waals surface area contributed by atoms with Crippen molar-refractivity contribution in [3.63, 3.8) is 0 Å². The summed E-state index contributed by atoms with van der Waals surface area (Å²) in [4.78, 5) is 19.6. The molecule has 2 aromatic heterocycles. The molecule has 0 spiro atoms. The van der Waals surface area contributed by atoms with Gasteiger partial charge in [0.25, 0.3) is 0 Å². The molecule has 1 amide bonds. The molecule has 2 fully saturated rings. The Morgan fingerprint density at radius 2 is 1.97 bits per heavy atom. The molecule has 0 radical (unpaired) electrons. The molecule has 4 aromatic rings. The molecule has 0 unspecified atom stereocenters. The molecular weight excluding hydrogens is 499 g/mol. The summed E-state index contributed by atoms with van der Waals surface area (Å²) in [5.74, 6) is 0.873. The third-order valence-electron chi connectivity index (χ3n) is 7.41. The second-order valence-corrected chi connectivity index (χ2v) is 10.0. The zero-order valence-corrected chi connectivity index (χ0v) is 21.5. The molecular formula is C27H26ClFN4O4. The minimum Gasteiger partial charge on any atom is -0.449 e. The van der Waals surface area contributed by atoms with Crippen LogP contribution in [0.1, 0.15) is 48.6 Å². The van der Waals surface area contributed by atoms with Crippen LogP contribution in [-0.2, 0) is 9.47 Å². The molecule has 2 aliphatic rings. The lowest BCUT2D eigenvalue weighted by atomic mass is 9.88. The first-order chi connectivity index (χ1) is 17.9. The molecule has 8 nitrogen and oxygen atoms in total. The lowest BCUT2D eigenvalue weighted by Crippen LogP contribution is -2.43. The van der Waals surface area contributed by atoms with Crippen LogP contribution in [0.2, 0.25) is 5.02 Å². The van der Waals surface area contributed by atoms with Gasteiger partial charge in [0.2, 0.25) is 0 Å². The topological polar surface area (TPSA) is 82.6 Å². The standard InChI is InChI=1S/C27H26ClFN4O4/c1-14-25(15(2)37-31-14)16-4-7-23-22(10-16)30-26(32(23)18-11-19(12-18)35-3)24-8-9-36-27(34)33(24)17-5-6-20(28)21(29)13-17/h4-7,10,13,18-19,24H,8-9,11-12H2,1-3H3/t18?,19?,24-/m0/s1. The number of cyclic esters (lactones) is 1. The Bertz CT molecular complexity index is 1490. The van der Waals surface area contributed by atoms with Crippen LogP contribution in [0, 0.1) is 19.7 Å². The summed E-state index contributed by atoms with van der Waals surface area (Å²) in [5.41, 5.74) is 4.85. The van der Waals surface area contributed by atoms with Gasteiger partial charge in [-0.2, -0.15) is 0 Å². The largest absolute Gasteiger partial charge is 0.449 e. The number of anilines is 1. The van der Waals surface area contributed by atoms with Gasteiger partial charge in [0.05, 0.1) is 40.1 Å². The fraction of sp³-hybridized carbons (Fsp3) is 0.370. The number of benzene rings is 2.